The summed E-state index contributed by atoms with van der Waals surface area (Å²) in [4.78, 5) is 28.0. The molecule has 2 fully saturated rings. The van der Waals surface area contributed by atoms with E-state index in [-0.39, 0.29) is 30.0 Å². The Labute approximate surface area is 182 Å². The van der Waals surface area contributed by atoms with E-state index in [2.05, 4.69) is 10.2 Å². The zero-order valence-electron chi connectivity index (χ0n) is 17.7. The van der Waals surface area contributed by atoms with Crippen LogP contribution in [0.25, 0.3) is 11.1 Å². The van der Waals surface area contributed by atoms with Gasteiger partial charge in [-0.05, 0) is 42.2 Å². The van der Waals surface area contributed by atoms with Crippen LogP contribution in [0, 0.1) is 5.82 Å². The molecule has 0 radical (unpaired) electrons. The lowest BCUT2D eigenvalue weighted by Gasteiger charge is -2.36. The van der Waals surface area contributed by atoms with Crippen molar-refractivity contribution in [3.8, 4) is 11.1 Å². The van der Waals surface area contributed by atoms with Crippen molar-refractivity contribution < 1.29 is 18.7 Å². The van der Waals surface area contributed by atoms with Gasteiger partial charge < -0.3 is 15.0 Å². The Morgan fingerprint density at radius 2 is 1.74 bits per heavy atom. The van der Waals surface area contributed by atoms with Crippen LogP contribution in [0.3, 0.4) is 0 Å². The molecular formula is C24H28FN3O3. The largest absolute Gasteiger partial charge is 0.446 e. The van der Waals surface area contributed by atoms with E-state index in [0.29, 0.717) is 19.6 Å². The first-order valence-electron chi connectivity index (χ1n) is 10.8. The lowest BCUT2D eigenvalue weighted by Crippen LogP contribution is -2.49. The number of carbonyl (C=O) groups is 2. The van der Waals surface area contributed by atoms with E-state index in [1.165, 1.54) is 12.1 Å². The summed E-state index contributed by atoms with van der Waals surface area (Å²) in [6, 6.07) is 14.3. The van der Waals surface area contributed by atoms with Gasteiger partial charge >= 0.3 is 6.09 Å². The average molecular weight is 426 g/mol. The van der Waals surface area contributed by atoms with Crippen molar-refractivity contribution in [3.05, 3.63) is 59.9 Å². The number of cyclic esters (lactones) is 1. The molecule has 7 heteroatoms. The Morgan fingerprint density at radius 1 is 1.06 bits per heavy atom. The standard InChI is InChI=1S/C24H28FN3O3/c1-17(18-2-4-19(5-3-18)20-6-8-21(25)9-7-20)28-14-11-22(31-24(28)30)10-13-27-15-12-26-23(29)16-27/h2-9,17,22H,10-16H2,1H3,(H,26,29). The van der Waals surface area contributed by atoms with E-state index in [4.69, 9.17) is 4.74 Å². The van der Waals surface area contributed by atoms with Crippen molar-refractivity contribution in [1.29, 1.82) is 0 Å². The van der Waals surface area contributed by atoms with E-state index < -0.39 is 0 Å². The highest BCUT2D eigenvalue weighted by Crippen LogP contribution is 2.28. The normalized spacial score (nSPS) is 20.8. The number of nitrogens with one attached hydrogen (secondary N) is 1. The number of amides is 2. The monoisotopic (exact) mass is 425 g/mol. The van der Waals surface area contributed by atoms with E-state index >= 15 is 0 Å². The Kier molecular flexibility index (Phi) is 6.51. The van der Waals surface area contributed by atoms with E-state index in [1.807, 2.05) is 31.2 Å². The van der Waals surface area contributed by atoms with Crippen LogP contribution in [0.15, 0.2) is 48.5 Å². The molecule has 0 bridgehead atoms. The van der Waals surface area contributed by atoms with Crippen LogP contribution < -0.4 is 5.32 Å². The molecule has 1 N–H and O–H groups in total. The average Bonchev–Trinajstić information content (AvgIpc) is 2.78. The minimum atomic E-state index is -0.289. The van der Waals surface area contributed by atoms with E-state index in [9.17, 15) is 14.0 Å². The molecule has 2 aliphatic heterocycles. The van der Waals surface area contributed by atoms with Gasteiger partial charge in [-0.2, -0.15) is 0 Å². The minimum Gasteiger partial charge on any atom is -0.446 e. The zero-order valence-corrected chi connectivity index (χ0v) is 17.7. The van der Waals surface area contributed by atoms with Crippen molar-refractivity contribution in [2.24, 2.45) is 0 Å². The summed E-state index contributed by atoms with van der Waals surface area (Å²) in [6.45, 7) is 5.33. The molecule has 31 heavy (non-hydrogen) atoms. The first-order chi connectivity index (χ1) is 15.0. The van der Waals surface area contributed by atoms with Crippen molar-refractivity contribution in [2.45, 2.75) is 31.9 Å². The van der Waals surface area contributed by atoms with Crippen LogP contribution in [0.4, 0.5) is 9.18 Å². The number of carbonyl (C=O) groups excluding carboxylic acids is 2. The molecule has 0 aliphatic carbocycles. The number of piperazine rings is 1. The van der Waals surface area contributed by atoms with E-state index in [1.54, 1.807) is 17.0 Å². The van der Waals surface area contributed by atoms with Crippen molar-refractivity contribution >= 4 is 12.0 Å². The molecule has 2 aromatic rings. The summed E-state index contributed by atoms with van der Waals surface area (Å²) in [5, 5.41) is 2.82. The number of nitrogens with zero attached hydrogens (tertiary/aromatic N) is 2. The summed E-state index contributed by atoms with van der Waals surface area (Å²) >= 11 is 0. The number of hydrogen-bond donors (Lipinski definition) is 1. The molecule has 0 spiro atoms. The Balaban J connectivity index is 1.31. The van der Waals surface area contributed by atoms with Crippen LogP contribution in [-0.2, 0) is 9.53 Å². The van der Waals surface area contributed by atoms with Gasteiger partial charge in [0.05, 0.1) is 12.6 Å². The third-order valence-corrected chi connectivity index (χ3v) is 6.12. The van der Waals surface area contributed by atoms with Gasteiger partial charge in [-0.15, -0.1) is 0 Å². The molecule has 2 saturated heterocycles. The van der Waals surface area contributed by atoms with E-state index in [0.717, 1.165) is 42.6 Å². The first kappa shape index (κ1) is 21.3. The molecule has 2 unspecified atom stereocenters. The number of halogens is 1. The van der Waals surface area contributed by atoms with Crippen molar-refractivity contribution in [1.82, 2.24) is 15.1 Å². The lowest BCUT2D eigenvalue weighted by molar-refractivity contribution is -0.124. The maximum absolute atomic E-state index is 13.1. The summed E-state index contributed by atoms with van der Waals surface area (Å²) in [6.07, 6.45) is 1.13. The highest BCUT2D eigenvalue weighted by atomic mass is 19.1. The molecule has 0 saturated carbocycles. The van der Waals surface area contributed by atoms with Gasteiger partial charge in [0, 0.05) is 32.6 Å². The van der Waals surface area contributed by atoms with Crippen LogP contribution in [0.1, 0.15) is 31.4 Å². The second kappa shape index (κ2) is 9.47. The zero-order chi connectivity index (χ0) is 21.8. The van der Waals surface area contributed by atoms with Gasteiger partial charge in [0.25, 0.3) is 0 Å². The number of hydrogen-bond acceptors (Lipinski definition) is 4. The second-order valence-electron chi connectivity index (χ2n) is 8.21. The third kappa shape index (κ3) is 5.22. The fraction of sp³-hybridized carbons (Fsp3) is 0.417. The van der Waals surface area contributed by atoms with Gasteiger partial charge in [-0.3, -0.25) is 9.69 Å². The highest BCUT2D eigenvalue weighted by Gasteiger charge is 2.31. The molecule has 2 amide bonds. The van der Waals surface area contributed by atoms with Gasteiger partial charge in [0.15, 0.2) is 0 Å². The van der Waals surface area contributed by atoms with Gasteiger partial charge in [-0.1, -0.05) is 36.4 Å². The van der Waals surface area contributed by atoms with Crippen LogP contribution in [-0.4, -0.2) is 60.6 Å². The van der Waals surface area contributed by atoms with Crippen LogP contribution in [0.2, 0.25) is 0 Å². The second-order valence-corrected chi connectivity index (χ2v) is 8.21. The lowest BCUT2D eigenvalue weighted by atomic mass is 10.00. The van der Waals surface area contributed by atoms with Gasteiger partial charge in [0.1, 0.15) is 11.9 Å². The predicted molar refractivity (Wildman–Crippen MR) is 116 cm³/mol. The quantitative estimate of drug-likeness (QED) is 0.769. The Bertz CT molecular complexity index is 917. The first-order valence-corrected chi connectivity index (χ1v) is 10.8. The highest BCUT2D eigenvalue weighted by molar-refractivity contribution is 5.78. The number of rotatable bonds is 6. The number of ether oxygens (including phenoxy) is 1. The van der Waals surface area contributed by atoms with Crippen molar-refractivity contribution in [3.63, 3.8) is 0 Å². The molecule has 4 rings (SSSR count). The maximum atomic E-state index is 13.1. The topological polar surface area (TPSA) is 61.9 Å². The van der Waals surface area contributed by atoms with Crippen molar-refractivity contribution in [2.75, 3.05) is 32.7 Å². The molecule has 2 atom stereocenters. The van der Waals surface area contributed by atoms with Gasteiger partial charge in [-0.25, -0.2) is 9.18 Å². The summed E-state index contributed by atoms with van der Waals surface area (Å²) in [5.41, 5.74) is 2.98. The molecule has 2 heterocycles. The maximum Gasteiger partial charge on any atom is 0.410 e. The predicted octanol–water partition coefficient (Wildman–Crippen LogP) is 3.59. The molecular weight excluding hydrogens is 397 g/mol. The van der Waals surface area contributed by atoms with Crippen LogP contribution >= 0.6 is 0 Å². The fourth-order valence-electron chi connectivity index (χ4n) is 4.18. The molecule has 6 nitrogen and oxygen atoms in total. The fourth-order valence-corrected chi connectivity index (χ4v) is 4.18. The SMILES string of the molecule is CC(c1ccc(-c2ccc(F)cc2)cc1)N1CCC(CCN2CCNC(=O)C2)OC1=O. The third-order valence-electron chi connectivity index (χ3n) is 6.12. The minimum absolute atomic E-state index is 0.0531. The molecule has 2 aliphatic rings. The van der Waals surface area contributed by atoms with Crippen LogP contribution in [0.5, 0.6) is 0 Å². The molecule has 2 aromatic carbocycles. The Hall–Kier alpha value is -2.93. The molecule has 164 valence electrons. The summed E-state index contributed by atoms with van der Waals surface area (Å²) < 4.78 is 18.8. The molecule has 0 aromatic heterocycles. The van der Waals surface area contributed by atoms with Gasteiger partial charge in [0.2, 0.25) is 5.91 Å². The number of benzene rings is 2. The Morgan fingerprint density at radius 3 is 2.39 bits per heavy atom. The summed E-state index contributed by atoms with van der Waals surface area (Å²) in [5.74, 6) is -0.199. The summed E-state index contributed by atoms with van der Waals surface area (Å²) in [7, 11) is 0. The smallest absolute Gasteiger partial charge is 0.410 e.